The maximum atomic E-state index is 10.6. The topological polar surface area (TPSA) is 49.8 Å². The lowest BCUT2D eigenvalue weighted by atomic mass is 10.0. The molecule has 0 bridgehead atoms. The summed E-state index contributed by atoms with van der Waals surface area (Å²) in [5.74, 6) is 0.0846. The molecule has 0 aliphatic carbocycles. The fourth-order valence-corrected chi connectivity index (χ4v) is 2.07. The van der Waals surface area contributed by atoms with Gasteiger partial charge in [0.05, 0.1) is 13.7 Å². The Hall–Kier alpha value is -1.55. The standard InChI is InChI=1S/C14H21NO3/c1-10-7-11(2)12(13(8-10)18-4)5-6-15(3)9-14(16)17/h7-8H,5-6,9H2,1-4H3,(H,16,17). The highest BCUT2D eigenvalue weighted by Gasteiger charge is 2.10. The van der Waals surface area contributed by atoms with Crippen molar-refractivity contribution in [2.75, 3.05) is 27.2 Å². The second-order valence-electron chi connectivity index (χ2n) is 4.64. The Balaban J connectivity index is 2.75. The fraction of sp³-hybridized carbons (Fsp3) is 0.500. The molecule has 0 amide bonds. The summed E-state index contributed by atoms with van der Waals surface area (Å²) in [6, 6.07) is 4.13. The van der Waals surface area contributed by atoms with Crippen LogP contribution < -0.4 is 4.74 Å². The van der Waals surface area contributed by atoms with Crippen molar-refractivity contribution in [2.24, 2.45) is 0 Å². The molecular weight excluding hydrogens is 230 g/mol. The molecule has 0 unspecified atom stereocenters. The summed E-state index contributed by atoms with van der Waals surface area (Å²) in [5, 5.41) is 8.71. The van der Waals surface area contributed by atoms with E-state index in [0.29, 0.717) is 6.54 Å². The average Bonchev–Trinajstić information content (AvgIpc) is 2.25. The summed E-state index contributed by atoms with van der Waals surface area (Å²) in [7, 11) is 3.47. The lowest BCUT2D eigenvalue weighted by Crippen LogP contribution is -2.27. The van der Waals surface area contributed by atoms with E-state index in [-0.39, 0.29) is 6.54 Å². The van der Waals surface area contributed by atoms with Gasteiger partial charge < -0.3 is 9.84 Å². The van der Waals surface area contributed by atoms with Gasteiger partial charge in [-0.2, -0.15) is 0 Å². The Kier molecular flexibility index (Phi) is 5.16. The van der Waals surface area contributed by atoms with E-state index in [0.717, 1.165) is 17.7 Å². The Labute approximate surface area is 108 Å². The third-order valence-electron chi connectivity index (χ3n) is 2.94. The van der Waals surface area contributed by atoms with E-state index >= 15 is 0 Å². The minimum atomic E-state index is -0.801. The Bertz CT molecular complexity index is 429. The van der Waals surface area contributed by atoms with E-state index in [1.807, 2.05) is 20.0 Å². The van der Waals surface area contributed by atoms with Gasteiger partial charge in [-0.25, -0.2) is 0 Å². The van der Waals surface area contributed by atoms with Gasteiger partial charge in [0.15, 0.2) is 0 Å². The van der Waals surface area contributed by atoms with E-state index in [4.69, 9.17) is 9.84 Å². The molecule has 0 atom stereocenters. The molecule has 4 heteroatoms. The molecule has 100 valence electrons. The summed E-state index contributed by atoms with van der Waals surface area (Å²) in [6.45, 7) is 4.86. The summed E-state index contributed by atoms with van der Waals surface area (Å²) in [5.41, 5.74) is 3.52. The van der Waals surface area contributed by atoms with E-state index < -0.39 is 5.97 Å². The first-order valence-electron chi connectivity index (χ1n) is 5.98. The zero-order valence-electron chi connectivity index (χ0n) is 11.5. The predicted molar refractivity (Wildman–Crippen MR) is 71.3 cm³/mol. The molecule has 0 radical (unpaired) electrons. The molecule has 0 aliphatic heterocycles. The quantitative estimate of drug-likeness (QED) is 0.838. The van der Waals surface area contributed by atoms with Crippen LogP contribution in [0.1, 0.15) is 16.7 Å². The van der Waals surface area contributed by atoms with Gasteiger partial charge in [0.25, 0.3) is 0 Å². The molecule has 1 aromatic rings. The van der Waals surface area contributed by atoms with E-state index in [1.165, 1.54) is 11.1 Å². The second kappa shape index (κ2) is 6.40. The SMILES string of the molecule is COc1cc(C)cc(C)c1CCN(C)CC(=O)O. The van der Waals surface area contributed by atoms with Crippen LogP contribution in [0.25, 0.3) is 0 Å². The third-order valence-corrected chi connectivity index (χ3v) is 2.94. The molecular formula is C14H21NO3. The molecule has 0 aliphatic rings. The number of carboxylic acid groups (broad SMARTS) is 1. The first kappa shape index (κ1) is 14.5. The van der Waals surface area contributed by atoms with Crippen LogP contribution in [0, 0.1) is 13.8 Å². The van der Waals surface area contributed by atoms with Crippen LogP contribution in [0.3, 0.4) is 0 Å². The highest BCUT2D eigenvalue weighted by atomic mass is 16.5. The van der Waals surface area contributed by atoms with Crippen molar-refractivity contribution in [2.45, 2.75) is 20.3 Å². The number of ether oxygens (including phenoxy) is 1. The van der Waals surface area contributed by atoms with Gasteiger partial charge in [-0.15, -0.1) is 0 Å². The maximum Gasteiger partial charge on any atom is 0.317 e. The third kappa shape index (κ3) is 4.04. The zero-order chi connectivity index (χ0) is 13.7. The van der Waals surface area contributed by atoms with Crippen molar-refractivity contribution in [3.63, 3.8) is 0 Å². The number of nitrogens with zero attached hydrogens (tertiary/aromatic N) is 1. The summed E-state index contributed by atoms with van der Waals surface area (Å²) in [6.07, 6.45) is 0.791. The first-order valence-corrected chi connectivity index (χ1v) is 5.98. The maximum absolute atomic E-state index is 10.6. The zero-order valence-corrected chi connectivity index (χ0v) is 11.5. The lowest BCUT2D eigenvalue weighted by Gasteiger charge is -2.17. The molecule has 0 heterocycles. The van der Waals surface area contributed by atoms with Gasteiger partial charge in [0.2, 0.25) is 0 Å². The van der Waals surface area contributed by atoms with Crippen LogP contribution in [-0.2, 0) is 11.2 Å². The predicted octanol–water partition coefficient (Wildman–Crippen LogP) is 1.87. The van der Waals surface area contributed by atoms with Crippen molar-refractivity contribution >= 4 is 5.97 Å². The molecule has 0 fully saturated rings. The summed E-state index contributed by atoms with van der Waals surface area (Å²) in [4.78, 5) is 12.4. The molecule has 0 spiro atoms. The second-order valence-corrected chi connectivity index (χ2v) is 4.64. The minimum absolute atomic E-state index is 0.0627. The van der Waals surface area contributed by atoms with E-state index in [2.05, 4.69) is 13.0 Å². The highest BCUT2D eigenvalue weighted by molar-refractivity contribution is 5.69. The first-order chi connectivity index (χ1) is 8.43. The number of hydrogen-bond acceptors (Lipinski definition) is 3. The van der Waals surface area contributed by atoms with Gasteiger partial charge >= 0.3 is 5.97 Å². The van der Waals surface area contributed by atoms with Gasteiger partial charge in [0.1, 0.15) is 5.75 Å². The van der Waals surface area contributed by atoms with Crippen LogP contribution >= 0.6 is 0 Å². The van der Waals surface area contributed by atoms with Crippen molar-refractivity contribution < 1.29 is 14.6 Å². The number of benzene rings is 1. The molecule has 18 heavy (non-hydrogen) atoms. The number of aryl methyl sites for hydroxylation is 2. The number of carbonyl (C=O) groups is 1. The van der Waals surface area contributed by atoms with E-state index in [9.17, 15) is 4.79 Å². The summed E-state index contributed by atoms with van der Waals surface area (Å²) >= 11 is 0. The van der Waals surface area contributed by atoms with Crippen LogP contribution in [-0.4, -0.2) is 43.2 Å². The number of carboxylic acids is 1. The molecule has 0 aromatic heterocycles. The van der Waals surface area contributed by atoms with E-state index in [1.54, 1.807) is 12.0 Å². The van der Waals surface area contributed by atoms with Crippen LogP contribution in [0.4, 0.5) is 0 Å². The number of hydrogen-bond donors (Lipinski definition) is 1. The number of aliphatic carboxylic acids is 1. The average molecular weight is 251 g/mol. The normalized spacial score (nSPS) is 10.7. The number of methoxy groups -OCH3 is 1. The minimum Gasteiger partial charge on any atom is -0.496 e. The van der Waals surface area contributed by atoms with Crippen LogP contribution in [0.2, 0.25) is 0 Å². The monoisotopic (exact) mass is 251 g/mol. The fourth-order valence-electron chi connectivity index (χ4n) is 2.07. The van der Waals surface area contributed by atoms with Gasteiger partial charge in [0, 0.05) is 6.54 Å². The largest absolute Gasteiger partial charge is 0.496 e. The Morgan fingerprint density at radius 2 is 2.06 bits per heavy atom. The van der Waals surface area contributed by atoms with Crippen molar-refractivity contribution in [3.05, 3.63) is 28.8 Å². The molecule has 1 rings (SSSR count). The molecule has 0 saturated heterocycles. The molecule has 1 N–H and O–H groups in total. The summed E-state index contributed by atoms with van der Waals surface area (Å²) < 4.78 is 5.39. The Morgan fingerprint density at radius 3 is 2.61 bits per heavy atom. The van der Waals surface area contributed by atoms with Crippen LogP contribution in [0.15, 0.2) is 12.1 Å². The highest BCUT2D eigenvalue weighted by Crippen LogP contribution is 2.24. The van der Waals surface area contributed by atoms with Crippen molar-refractivity contribution in [3.8, 4) is 5.75 Å². The Morgan fingerprint density at radius 1 is 1.39 bits per heavy atom. The van der Waals surface area contributed by atoms with Gasteiger partial charge in [-0.3, -0.25) is 9.69 Å². The van der Waals surface area contributed by atoms with Crippen molar-refractivity contribution in [1.29, 1.82) is 0 Å². The van der Waals surface area contributed by atoms with Gasteiger partial charge in [-0.05, 0) is 50.1 Å². The molecule has 4 nitrogen and oxygen atoms in total. The molecule has 1 aromatic carbocycles. The number of rotatable bonds is 6. The smallest absolute Gasteiger partial charge is 0.317 e. The molecule has 0 saturated carbocycles. The lowest BCUT2D eigenvalue weighted by molar-refractivity contribution is -0.137. The van der Waals surface area contributed by atoms with Gasteiger partial charge in [-0.1, -0.05) is 6.07 Å². The number of likely N-dealkylation sites (N-methyl/N-ethyl adjacent to an activating group) is 1. The van der Waals surface area contributed by atoms with Crippen molar-refractivity contribution in [1.82, 2.24) is 4.90 Å². The van der Waals surface area contributed by atoms with Crippen LogP contribution in [0.5, 0.6) is 5.75 Å².